The number of hydrogen-bond acceptors (Lipinski definition) is 5. The Kier molecular flexibility index (Phi) is 3.69. The average Bonchev–Trinajstić information content (AvgIpc) is 2.32. The van der Waals surface area contributed by atoms with E-state index in [0.29, 0.717) is 5.69 Å². The van der Waals surface area contributed by atoms with Gasteiger partial charge in [0, 0.05) is 26.1 Å². The van der Waals surface area contributed by atoms with Crippen LogP contribution >= 0.6 is 0 Å². The third-order valence-electron chi connectivity index (χ3n) is 2.85. The monoisotopic (exact) mass is 223 g/mol. The topological polar surface area (TPSA) is 58.5 Å². The molecule has 88 valence electrons. The van der Waals surface area contributed by atoms with Crippen LogP contribution in [0.2, 0.25) is 0 Å². The van der Waals surface area contributed by atoms with Gasteiger partial charge in [0.2, 0.25) is 0 Å². The van der Waals surface area contributed by atoms with E-state index in [1.165, 1.54) is 6.33 Å². The van der Waals surface area contributed by atoms with E-state index >= 15 is 0 Å². The zero-order valence-electron chi connectivity index (χ0n) is 9.52. The minimum atomic E-state index is 0.232. The largest absolute Gasteiger partial charge is 0.504 e. The fraction of sp³-hybridized carbons (Fsp3) is 0.636. The van der Waals surface area contributed by atoms with Gasteiger partial charge in [-0.25, -0.2) is 9.97 Å². The highest BCUT2D eigenvalue weighted by Gasteiger charge is 2.12. The van der Waals surface area contributed by atoms with Crippen LogP contribution in [0.4, 0.5) is 0 Å². The molecule has 1 aromatic rings. The fourth-order valence-corrected chi connectivity index (χ4v) is 1.79. The van der Waals surface area contributed by atoms with E-state index in [1.54, 1.807) is 6.92 Å². The summed E-state index contributed by atoms with van der Waals surface area (Å²) in [7, 11) is 0. The smallest absolute Gasteiger partial charge is 0.158 e. The molecule has 0 unspecified atom stereocenters. The first-order valence-corrected chi connectivity index (χ1v) is 5.57. The molecular weight excluding hydrogens is 206 g/mol. The average molecular weight is 223 g/mol. The lowest BCUT2D eigenvalue weighted by Gasteiger charge is -2.26. The Hall–Kier alpha value is -1.20. The van der Waals surface area contributed by atoms with Crippen molar-refractivity contribution in [3.8, 4) is 5.75 Å². The van der Waals surface area contributed by atoms with Gasteiger partial charge < -0.3 is 9.84 Å². The second kappa shape index (κ2) is 5.23. The second-order valence-corrected chi connectivity index (χ2v) is 3.96. The number of morpholine rings is 1. The van der Waals surface area contributed by atoms with E-state index in [2.05, 4.69) is 14.9 Å². The van der Waals surface area contributed by atoms with Gasteiger partial charge in [-0.1, -0.05) is 0 Å². The van der Waals surface area contributed by atoms with Crippen molar-refractivity contribution in [2.24, 2.45) is 0 Å². The van der Waals surface area contributed by atoms with E-state index in [9.17, 15) is 5.11 Å². The maximum Gasteiger partial charge on any atom is 0.158 e. The summed E-state index contributed by atoms with van der Waals surface area (Å²) in [6.07, 6.45) is 2.26. The van der Waals surface area contributed by atoms with Crippen molar-refractivity contribution in [3.05, 3.63) is 17.7 Å². The summed E-state index contributed by atoms with van der Waals surface area (Å²) in [6.45, 7) is 6.22. The predicted molar refractivity (Wildman–Crippen MR) is 59.4 cm³/mol. The van der Waals surface area contributed by atoms with Crippen LogP contribution in [-0.2, 0) is 11.2 Å². The summed E-state index contributed by atoms with van der Waals surface area (Å²) in [5.41, 5.74) is 1.38. The van der Waals surface area contributed by atoms with E-state index in [1.807, 2.05) is 0 Å². The van der Waals surface area contributed by atoms with Gasteiger partial charge in [0.1, 0.15) is 6.33 Å². The van der Waals surface area contributed by atoms with Crippen LogP contribution in [0, 0.1) is 6.92 Å². The molecular formula is C11H17N3O2. The number of rotatable bonds is 3. The minimum absolute atomic E-state index is 0.232. The molecule has 0 atom stereocenters. The van der Waals surface area contributed by atoms with E-state index < -0.39 is 0 Å². The highest BCUT2D eigenvalue weighted by Crippen LogP contribution is 2.17. The molecule has 0 aromatic carbocycles. The quantitative estimate of drug-likeness (QED) is 0.802. The number of aromatic hydroxyl groups is 1. The van der Waals surface area contributed by atoms with Gasteiger partial charge >= 0.3 is 0 Å². The van der Waals surface area contributed by atoms with Crippen LogP contribution in [-0.4, -0.2) is 52.8 Å². The highest BCUT2D eigenvalue weighted by molar-refractivity contribution is 5.29. The maximum atomic E-state index is 9.76. The number of ether oxygens (including phenoxy) is 1. The molecule has 0 saturated carbocycles. The Morgan fingerprint density at radius 1 is 1.38 bits per heavy atom. The van der Waals surface area contributed by atoms with Crippen molar-refractivity contribution in [1.29, 1.82) is 0 Å². The third-order valence-corrected chi connectivity index (χ3v) is 2.85. The molecule has 2 rings (SSSR count). The lowest BCUT2D eigenvalue weighted by atomic mass is 10.2. The number of aromatic nitrogens is 2. The molecule has 1 saturated heterocycles. The molecule has 2 heterocycles. The molecule has 0 spiro atoms. The Morgan fingerprint density at radius 3 is 2.88 bits per heavy atom. The van der Waals surface area contributed by atoms with E-state index in [4.69, 9.17) is 4.74 Å². The van der Waals surface area contributed by atoms with Gasteiger partial charge in [-0.15, -0.1) is 0 Å². The van der Waals surface area contributed by atoms with Crippen LogP contribution in [0.5, 0.6) is 5.75 Å². The molecule has 16 heavy (non-hydrogen) atoms. The molecule has 0 aliphatic carbocycles. The third kappa shape index (κ3) is 2.68. The Balaban J connectivity index is 1.91. The summed E-state index contributed by atoms with van der Waals surface area (Å²) < 4.78 is 5.28. The number of hydrogen-bond donors (Lipinski definition) is 1. The van der Waals surface area contributed by atoms with E-state index in [0.717, 1.165) is 45.0 Å². The van der Waals surface area contributed by atoms with Crippen molar-refractivity contribution in [3.63, 3.8) is 0 Å². The molecule has 0 amide bonds. The lowest BCUT2D eigenvalue weighted by molar-refractivity contribution is 0.0383. The van der Waals surface area contributed by atoms with Crippen LogP contribution in [0.1, 0.15) is 11.4 Å². The first-order chi connectivity index (χ1) is 7.77. The minimum Gasteiger partial charge on any atom is -0.504 e. The van der Waals surface area contributed by atoms with Gasteiger partial charge in [-0.3, -0.25) is 4.90 Å². The molecule has 1 fully saturated rings. The summed E-state index contributed by atoms with van der Waals surface area (Å²) in [6, 6.07) is 0. The molecule has 1 aliphatic heterocycles. The normalized spacial score (nSPS) is 17.6. The maximum absolute atomic E-state index is 9.76. The van der Waals surface area contributed by atoms with Gasteiger partial charge in [-0.2, -0.15) is 0 Å². The van der Waals surface area contributed by atoms with E-state index in [-0.39, 0.29) is 5.75 Å². The molecule has 5 heteroatoms. The number of nitrogens with zero attached hydrogens (tertiary/aromatic N) is 3. The summed E-state index contributed by atoms with van der Waals surface area (Å²) in [5.74, 6) is 0.232. The fourth-order valence-electron chi connectivity index (χ4n) is 1.79. The van der Waals surface area contributed by atoms with Gasteiger partial charge in [0.15, 0.2) is 5.75 Å². The first kappa shape index (κ1) is 11.3. The lowest BCUT2D eigenvalue weighted by Crippen LogP contribution is -2.37. The van der Waals surface area contributed by atoms with Gasteiger partial charge in [0.25, 0.3) is 0 Å². The Labute approximate surface area is 95.1 Å². The summed E-state index contributed by atoms with van der Waals surface area (Å²) >= 11 is 0. The first-order valence-electron chi connectivity index (χ1n) is 5.57. The molecule has 1 aliphatic rings. The van der Waals surface area contributed by atoms with Crippen LogP contribution in [0.25, 0.3) is 0 Å². The molecule has 1 N–H and O–H groups in total. The molecule has 0 radical (unpaired) electrons. The Bertz CT molecular complexity index is 351. The van der Waals surface area contributed by atoms with Gasteiger partial charge in [-0.05, 0) is 6.92 Å². The standard InChI is InChI=1S/C11H17N3O2/c1-9-11(15)10(13-8-12-9)2-3-14-4-6-16-7-5-14/h8,15H,2-7H2,1H3. The zero-order valence-corrected chi connectivity index (χ0v) is 9.52. The van der Waals surface area contributed by atoms with Crippen molar-refractivity contribution in [2.75, 3.05) is 32.8 Å². The predicted octanol–water partition coefficient (Wildman–Crippen LogP) is 0.365. The molecule has 1 aromatic heterocycles. The zero-order chi connectivity index (χ0) is 11.4. The van der Waals surface area contributed by atoms with Crippen molar-refractivity contribution in [2.45, 2.75) is 13.3 Å². The second-order valence-electron chi connectivity index (χ2n) is 3.96. The van der Waals surface area contributed by atoms with Crippen LogP contribution < -0.4 is 0 Å². The van der Waals surface area contributed by atoms with Gasteiger partial charge in [0.05, 0.1) is 24.6 Å². The molecule has 5 nitrogen and oxygen atoms in total. The Morgan fingerprint density at radius 2 is 2.12 bits per heavy atom. The highest BCUT2D eigenvalue weighted by atomic mass is 16.5. The van der Waals surface area contributed by atoms with Crippen molar-refractivity contribution >= 4 is 0 Å². The van der Waals surface area contributed by atoms with Crippen LogP contribution in [0.3, 0.4) is 0 Å². The van der Waals surface area contributed by atoms with Crippen LogP contribution in [0.15, 0.2) is 6.33 Å². The van der Waals surface area contributed by atoms with Crippen molar-refractivity contribution in [1.82, 2.24) is 14.9 Å². The summed E-state index contributed by atoms with van der Waals surface area (Å²) in [5, 5.41) is 9.76. The number of aryl methyl sites for hydroxylation is 1. The molecule has 0 bridgehead atoms. The van der Waals surface area contributed by atoms with Crippen molar-refractivity contribution < 1.29 is 9.84 Å². The SMILES string of the molecule is Cc1ncnc(CCN2CCOCC2)c1O. The summed E-state index contributed by atoms with van der Waals surface area (Å²) in [4.78, 5) is 10.4.